The Hall–Kier alpha value is -5.06. The Balaban J connectivity index is 1.27. The van der Waals surface area contributed by atoms with Crippen molar-refractivity contribution in [2.24, 2.45) is 0 Å². The van der Waals surface area contributed by atoms with Crippen LogP contribution in [0.3, 0.4) is 0 Å². The Labute approximate surface area is 210 Å². The van der Waals surface area contributed by atoms with E-state index < -0.39 is 17.6 Å². The molecule has 0 aliphatic carbocycles. The van der Waals surface area contributed by atoms with E-state index in [0.29, 0.717) is 22.7 Å². The number of carbonyl (C=O) groups is 2. The normalized spacial score (nSPS) is 10.9. The second-order valence-electron chi connectivity index (χ2n) is 8.23. The third-order valence-electron chi connectivity index (χ3n) is 5.51. The van der Waals surface area contributed by atoms with E-state index >= 15 is 0 Å². The van der Waals surface area contributed by atoms with E-state index in [9.17, 15) is 14.0 Å². The summed E-state index contributed by atoms with van der Waals surface area (Å²) in [4.78, 5) is 33.6. The minimum Gasteiger partial charge on any atom is -0.486 e. The molecule has 0 unspecified atom stereocenters. The quantitative estimate of drug-likeness (QED) is 0.335. The van der Waals surface area contributed by atoms with Gasteiger partial charge in [-0.05, 0) is 48.9 Å². The number of aryl methyl sites for hydroxylation is 1. The van der Waals surface area contributed by atoms with E-state index in [-0.39, 0.29) is 18.8 Å². The Morgan fingerprint density at radius 3 is 2.76 bits per heavy atom. The lowest BCUT2D eigenvalue weighted by Crippen LogP contribution is -2.20. The summed E-state index contributed by atoms with van der Waals surface area (Å²) >= 11 is 0. The zero-order valence-corrected chi connectivity index (χ0v) is 19.8. The van der Waals surface area contributed by atoms with Crippen LogP contribution in [0.4, 0.5) is 15.8 Å². The molecule has 0 fully saturated rings. The predicted molar refractivity (Wildman–Crippen MR) is 134 cm³/mol. The highest BCUT2D eigenvalue weighted by Gasteiger charge is 2.15. The first-order valence-electron chi connectivity index (χ1n) is 11.3. The van der Waals surface area contributed by atoms with E-state index in [0.717, 1.165) is 17.3 Å². The fourth-order valence-corrected chi connectivity index (χ4v) is 3.75. The zero-order chi connectivity index (χ0) is 25.8. The molecule has 3 heterocycles. The molecule has 37 heavy (non-hydrogen) atoms. The molecular weight excluding hydrogens is 477 g/mol. The lowest BCUT2D eigenvalue weighted by atomic mass is 10.1. The molecule has 0 radical (unpaired) electrons. The van der Waals surface area contributed by atoms with Gasteiger partial charge in [-0.1, -0.05) is 18.2 Å². The van der Waals surface area contributed by atoms with E-state index in [1.807, 2.05) is 35.9 Å². The van der Waals surface area contributed by atoms with Crippen LogP contribution in [-0.2, 0) is 17.9 Å². The maximum atomic E-state index is 14.3. The first-order chi connectivity index (χ1) is 18.0. The number of pyridine rings is 1. The summed E-state index contributed by atoms with van der Waals surface area (Å²) in [5, 5.41) is 9.05. The van der Waals surface area contributed by atoms with Gasteiger partial charge in [0, 0.05) is 18.1 Å². The first kappa shape index (κ1) is 23.7. The SMILES string of the molecule is Cc1cccn2cc(COc3ccccc3C(=O)Nc3ccc(F)c(NC(=O)Cn4cncn4)c3)nc12. The highest BCUT2D eigenvalue weighted by Crippen LogP contribution is 2.24. The lowest BCUT2D eigenvalue weighted by molar-refractivity contribution is -0.116. The number of anilines is 2. The van der Waals surface area contributed by atoms with E-state index in [2.05, 4.69) is 25.7 Å². The van der Waals surface area contributed by atoms with Crippen molar-refractivity contribution in [3.63, 3.8) is 0 Å². The van der Waals surface area contributed by atoms with Gasteiger partial charge in [0.05, 0.1) is 16.9 Å². The Bertz CT molecular complexity index is 1580. The van der Waals surface area contributed by atoms with Gasteiger partial charge in [-0.15, -0.1) is 0 Å². The van der Waals surface area contributed by atoms with Crippen molar-refractivity contribution < 1.29 is 18.7 Å². The van der Waals surface area contributed by atoms with Crippen molar-refractivity contribution in [1.82, 2.24) is 24.1 Å². The van der Waals surface area contributed by atoms with Crippen LogP contribution in [0.1, 0.15) is 21.6 Å². The molecule has 11 heteroatoms. The monoisotopic (exact) mass is 499 g/mol. The summed E-state index contributed by atoms with van der Waals surface area (Å²) in [6.45, 7) is 2.02. The average Bonchev–Trinajstić information content (AvgIpc) is 3.55. The minimum atomic E-state index is -0.642. The molecule has 2 amide bonds. The highest BCUT2D eigenvalue weighted by atomic mass is 19.1. The Kier molecular flexibility index (Phi) is 6.58. The number of imidazole rings is 1. The van der Waals surface area contributed by atoms with E-state index in [1.165, 1.54) is 29.5 Å². The second-order valence-corrected chi connectivity index (χ2v) is 8.23. The summed E-state index contributed by atoms with van der Waals surface area (Å²) in [5.74, 6) is -1.21. The van der Waals surface area contributed by atoms with E-state index in [1.54, 1.807) is 24.3 Å². The second kappa shape index (κ2) is 10.3. The smallest absolute Gasteiger partial charge is 0.259 e. The molecule has 0 spiro atoms. The molecule has 5 rings (SSSR count). The van der Waals surface area contributed by atoms with Crippen molar-refractivity contribution in [3.05, 3.63) is 102 Å². The number of fused-ring (bicyclic) bond motifs is 1. The molecule has 0 aliphatic rings. The highest BCUT2D eigenvalue weighted by molar-refractivity contribution is 6.06. The van der Waals surface area contributed by atoms with Crippen LogP contribution in [-0.4, -0.2) is 36.0 Å². The molecule has 186 valence electrons. The summed E-state index contributed by atoms with van der Waals surface area (Å²) in [6, 6.07) is 14.6. The number of benzene rings is 2. The molecule has 0 saturated carbocycles. The minimum absolute atomic E-state index is 0.0745. The van der Waals surface area contributed by atoms with Crippen LogP contribution < -0.4 is 15.4 Å². The molecule has 0 bridgehead atoms. The molecule has 0 aliphatic heterocycles. The number of nitrogens with zero attached hydrogens (tertiary/aromatic N) is 5. The number of aromatic nitrogens is 5. The van der Waals surface area contributed by atoms with Crippen molar-refractivity contribution in [2.75, 3.05) is 10.6 Å². The number of ether oxygens (including phenoxy) is 1. The van der Waals surface area contributed by atoms with Gasteiger partial charge in [-0.25, -0.2) is 19.0 Å². The number of nitrogens with one attached hydrogen (secondary N) is 2. The number of rotatable bonds is 8. The van der Waals surface area contributed by atoms with Crippen LogP contribution in [0.25, 0.3) is 5.65 Å². The van der Waals surface area contributed by atoms with Crippen molar-refractivity contribution in [2.45, 2.75) is 20.1 Å². The largest absolute Gasteiger partial charge is 0.486 e. The molecule has 2 aromatic carbocycles. The maximum Gasteiger partial charge on any atom is 0.259 e. The molecule has 5 aromatic rings. The fraction of sp³-hybridized carbons (Fsp3) is 0.115. The topological polar surface area (TPSA) is 115 Å². The van der Waals surface area contributed by atoms with Gasteiger partial charge < -0.3 is 19.8 Å². The summed E-state index contributed by atoms with van der Waals surface area (Å²) in [5.41, 5.74) is 3.12. The van der Waals surface area contributed by atoms with Crippen LogP contribution in [0.5, 0.6) is 5.75 Å². The van der Waals surface area contributed by atoms with Crippen molar-refractivity contribution in [3.8, 4) is 5.75 Å². The number of para-hydroxylation sites is 1. The van der Waals surface area contributed by atoms with Gasteiger partial charge in [0.15, 0.2) is 0 Å². The van der Waals surface area contributed by atoms with Gasteiger partial charge in [-0.2, -0.15) is 5.10 Å². The van der Waals surface area contributed by atoms with Crippen LogP contribution in [0.2, 0.25) is 0 Å². The molecule has 10 nitrogen and oxygen atoms in total. The standard InChI is InChI=1S/C26H22FN7O3/c1-17-5-4-10-33-12-19(30-25(17)33)14-37-23-7-3-2-6-20(23)26(36)31-18-8-9-21(27)22(11-18)32-24(35)13-34-16-28-15-29-34/h2-12,15-16H,13-14H2,1H3,(H,31,36)(H,32,35). The maximum absolute atomic E-state index is 14.3. The molecule has 0 saturated heterocycles. The van der Waals surface area contributed by atoms with E-state index in [4.69, 9.17) is 4.74 Å². The lowest BCUT2D eigenvalue weighted by Gasteiger charge is -2.12. The number of hydrogen-bond acceptors (Lipinski definition) is 6. The number of halogens is 1. The van der Waals surface area contributed by atoms with Crippen LogP contribution in [0.15, 0.2) is 79.6 Å². The number of amides is 2. The third kappa shape index (κ3) is 5.45. The first-order valence-corrected chi connectivity index (χ1v) is 11.3. The van der Waals surface area contributed by atoms with Gasteiger partial charge in [0.1, 0.15) is 43.0 Å². The summed E-state index contributed by atoms with van der Waals surface area (Å²) in [6.07, 6.45) is 6.46. The molecule has 2 N–H and O–H groups in total. The van der Waals surface area contributed by atoms with Crippen molar-refractivity contribution in [1.29, 1.82) is 0 Å². The molecular formula is C26H22FN7O3. The number of carbonyl (C=O) groups excluding carboxylic acids is 2. The third-order valence-corrected chi connectivity index (χ3v) is 5.51. The molecule has 3 aromatic heterocycles. The van der Waals surface area contributed by atoms with Gasteiger partial charge in [0.25, 0.3) is 5.91 Å². The van der Waals surface area contributed by atoms with Gasteiger partial charge in [0.2, 0.25) is 5.91 Å². The predicted octanol–water partition coefficient (Wildman–Crippen LogP) is 3.84. The Morgan fingerprint density at radius 1 is 1.08 bits per heavy atom. The zero-order valence-electron chi connectivity index (χ0n) is 19.8. The summed E-state index contributed by atoms with van der Waals surface area (Å²) < 4.78 is 23.5. The number of hydrogen-bond donors (Lipinski definition) is 2. The van der Waals surface area contributed by atoms with Crippen molar-refractivity contribution >= 4 is 28.8 Å². The van der Waals surface area contributed by atoms with Gasteiger partial charge in [-0.3, -0.25) is 9.59 Å². The summed E-state index contributed by atoms with van der Waals surface area (Å²) in [7, 11) is 0. The van der Waals surface area contributed by atoms with Crippen LogP contribution in [0, 0.1) is 12.7 Å². The Morgan fingerprint density at radius 2 is 1.95 bits per heavy atom. The van der Waals surface area contributed by atoms with Gasteiger partial charge >= 0.3 is 0 Å². The average molecular weight is 500 g/mol. The van der Waals surface area contributed by atoms with Crippen LogP contribution >= 0.6 is 0 Å². The molecule has 0 atom stereocenters. The fourth-order valence-electron chi connectivity index (χ4n) is 3.75.